The Bertz CT molecular complexity index is 638. The van der Waals surface area contributed by atoms with Gasteiger partial charge in [-0.2, -0.15) is 0 Å². The minimum absolute atomic E-state index is 0.0272. The van der Waals surface area contributed by atoms with Crippen molar-refractivity contribution in [3.05, 3.63) is 29.6 Å². The summed E-state index contributed by atoms with van der Waals surface area (Å²) >= 11 is 1.50. The first kappa shape index (κ1) is 17.4. The Morgan fingerprint density at radius 1 is 1.22 bits per heavy atom. The van der Waals surface area contributed by atoms with E-state index >= 15 is 0 Å². The minimum atomic E-state index is 0.0272. The van der Waals surface area contributed by atoms with Crippen LogP contribution < -0.4 is 9.64 Å². The summed E-state index contributed by atoms with van der Waals surface area (Å²) in [5.41, 5.74) is 1.90. The maximum atomic E-state index is 11.9. The van der Waals surface area contributed by atoms with E-state index < -0.39 is 0 Å². The lowest BCUT2D eigenvalue weighted by atomic mass is 10.2. The van der Waals surface area contributed by atoms with Gasteiger partial charge in [0.15, 0.2) is 5.13 Å². The normalized spacial score (nSPS) is 10.8. The van der Waals surface area contributed by atoms with E-state index in [-0.39, 0.29) is 5.91 Å². The first-order valence-corrected chi connectivity index (χ1v) is 8.42. The van der Waals surface area contributed by atoms with Crippen LogP contribution in [0, 0.1) is 0 Å². The second-order valence-electron chi connectivity index (χ2n) is 5.57. The van der Waals surface area contributed by atoms with Crippen LogP contribution >= 0.6 is 11.3 Å². The average Bonchev–Trinajstić information content (AvgIpc) is 3.00. The summed E-state index contributed by atoms with van der Waals surface area (Å²) in [7, 11) is 5.71. The van der Waals surface area contributed by atoms with E-state index in [2.05, 4.69) is 9.88 Å². The predicted molar refractivity (Wildman–Crippen MR) is 95.3 cm³/mol. The van der Waals surface area contributed by atoms with Gasteiger partial charge in [0.1, 0.15) is 5.75 Å². The molecule has 6 heteroatoms. The van der Waals surface area contributed by atoms with E-state index in [9.17, 15) is 4.79 Å². The van der Waals surface area contributed by atoms with Crippen LogP contribution in [0.4, 0.5) is 5.13 Å². The highest BCUT2D eigenvalue weighted by atomic mass is 32.1. The number of ether oxygens (including phenoxy) is 1. The number of carbonyl (C=O) groups is 1. The molecule has 0 fully saturated rings. The largest absolute Gasteiger partial charge is 0.497 e. The monoisotopic (exact) mass is 333 g/mol. The zero-order valence-corrected chi connectivity index (χ0v) is 14.9. The third-order valence-corrected chi connectivity index (χ3v) is 4.34. The lowest BCUT2D eigenvalue weighted by Gasteiger charge is -2.19. The van der Waals surface area contributed by atoms with Gasteiger partial charge in [-0.1, -0.05) is 0 Å². The molecule has 0 radical (unpaired) electrons. The van der Waals surface area contributed by atoms with Crippen LogP contribution in [-0.4, -0.2) is 50.1 Å². The molecular formula is C17H23N3O2S. The molecule has 124 valence electrons. The molecule has 0 N–H and O–H groups in total. The zero-order valence-electron chi connectivity index (χ0n) is 14.1. The molecule has 0 saturated carbocycles. The van der Waals surface area contributed by atoms with Crippen LogP contribution in [0.25, 0.3) is 11.3 Å². The highest BCUT2D eigenvalue weighted by Gasteiger charge is 2.16. The fourth-order valence-electron chi connectivity index (χ4n) is 2.22. The Hall–Kier alpha value is -1.92. The number of nitrogens with zero attached hydrogens (tertiary/aromatic N) is 3. The van der Waals surface area contributed by atoms with Crippen LogP contribution in [0.1, 0.15) is 13.3 Å². The molecule has 0 bridgehead atoms. The average molecular weight is 333 g/mol. The number of anilines is 1. The molecule has 2 rings (SSSR count). The van der Waals surface area contributed by atoms with Crippen molar-refractivity contribution in [1.29, 1.82) is 0 Å². The number of thiazole rings is 1. The summed E-state index contributed by atoms with van der Waals surface area (Å²) in [4.78, 5) is 20.4. The second kappa shape index (κ2) is 8.08. The van der Waals surface area contributed by atoms with E-state index in [4.69, 9.17) is 4.74 Å². The van der Waals surface area contributed by atoms with Crippen molar-refractivity contribution in [3.63, 3.8) is 0 Å². The Morgan fingerprint density at radius 2 is 1.91 bits per heavy atom. The van der Waals surface area contributed by atoms with Crippen molar-refractivity contribution in [2.24, 2.45) is 0 Å². The molecule has 23 heavy (non-hydrogen) atoms. The zero-order chi connectivity index (χ0) is 16.8. The Labute approximate surface area is 141 Å². The highest BCUT2D eigenvalue weighted by Crippen LogP contribution is 2.28. The van der Waals surface area contributed by atoms with Gasteiger partial charge in [-0.15, -0.1) is 11.3 Å². The minimum Gasteiger partial charge on any atom is -0.497 e. The SMILES string of the molecule is COc1ccc(-c2csc(N(CCCN(C)C)C(C)=O)n2)cc1. The second-order valence-corrected chi connectivity index (χ2v) is 6.41. The fourth-order valence-corrected chi connectivity index (χ4v) is 3.12. The van der Waals surface area contributed by atoms with Crippen LogP contribution in [0.15, 0.2) is 29.6 Å². The van der Waals surface area contributed by atoms with Crippen molar-refractivity contribution < 1.29 is 9.53 Å². The third-order valence-electron chi connectivity index (χ3n) is 3.48. The number of rotatable bonds is 7. The third kappa shape index (κ3) is 4.77. The molecular weight excluding hydrogens is 310 g/mol. The number of aromatic nitrogens is 1. The molecule has 0 aliphatic rings. The Morgan fingerprint density at radius 3 is 2.48 bits per heavy atom. The molecule has 0 unspecified atom stereocenters. The van der Waals surface area contributed by atoms with Crippen molar-refractivity contribution in [1.82, 2.24) is 9.88 Å². The molecule has 1 aromatic heterocycles. The molecule has 1 aromatic carbocycles. The lowest BCUT2D eigenvalue weighted by Crippen LogP contribution is -2.31. The number of methoxy groups -OCH3 is 1. The summed E-state index contributed by atoms with van der Waals surface area (Å²) in [5.74, 6) is 0.845. The summed E-state index contributed by atoms with van der Waals surface area (Å²) in [6.45, 7) is 3.22. The number of hydrogen-bond donors (Lipinski definition) is 0. The van der Waals surface area contributed by atoms with Gasteiger partial charge >= 0.3 is 0 Å². The number of carbonyl (C=O) groups excluding carboxylic acids is 1. The first-order chi connectivity index (χ1) is 11.0. The molecule has 0 aliphatic heterocycles. The van der Waals surface area contributed by atoms with E-state index in [1.54, 1.807) is 18.9 Å². The number of benzene rings is 1. The highest BCUT2D eigenvalue weighted by molar-refractivity contribution is 7.14. The molecule has 0 saturated heterocycles. The standard InChI is InChI=1S/C17H23N3O2S/c1-13(21)20(11-5-10-19(2)3)17-18-16(12-23-17)14-6-8-15(22-4)9-7-14/h6-9,12H,5,10-11H2,1-4H3. The fraction of sp³-hybridized carbons (Fsp3) is 0.412. The van der Waals surface area contributed by atoms with E-state index in [0.717, 1.165) is 35.1 Å². The molecule has 1 heterocycles. The smallest absolute Gasteiger partial charge is 0.225 e. The topological polar surface area (TPSA) is 45.7 Å². The van der Waals surface area contributed by atoms with Crippen molar-refractivity contribution in [2.45, 2.75) is 13.3 Å². The molecule has 0 spiro atoms. The van der Waals surface area contributed by atoms with Gasteiger partial charge in [0.2, 0.25) is 5.91 Å². The van der Waals surface area contributed by atoms with Crippen molar-refractivity contribution >= 4 is 22.4 Å². The van der Waals surface area contributed by atoms with E-state index in [1.165, 1.54) is 11.3 Å². The first-order valence-electron chi connectivity index (χ1n) is 7.54. The molecule has 0 aliphatic carbocycles. The van der Waals surface area contributed by atoms with Gasteiger partial charge in [0.25, 0.3) is 0 Å². The van der Waals surface area contributed by atoms with Crippen LogP contribution in [0.3, 0.4) is 0 Å². The van der Waals surface area contributed by atoms with Gasteiger partial charge in [0, 0.05) is 24.4 Å². The Balaban J connectivity index is 2.12. The molecule has 0 atom stereocenters. The maximum Gasteiger partial charge on any atom is 0.225 e. The van der Waals surface area contributed by atoms with Crippen LogP contribution in [-0.2, 0) is 4.79 Å². The van der Waals surface area contributed by atoms with Gasteiger partial charge in [-0.25, -0.2) is 4.98 Å². The summed E-state index contributed by atoms with van der Waals surface area (Å²) in [6, 6.07) is 7.77. The van der Waals surface area contributed by atoms with Crippen molar-refractivity contribution in [2.75, 3.05) is 39.2 Å². The molecule has 1 amide bonds. The molecule has 5 nitrogen and oxygen atoms in total. The number of hydrogen-bond acceptors (Lipinski definition) is 5. The van der Waals surface area contributed by atoms with Gasteiger partial charge < -0.3 is 9.64 Å². The van der Waals surface area contributed by atoms with Crippen LogP contribution in [0.5, 0.6) is 5.75 Å². The quantitative estimate of drug-likeness (QED) is 0.781. The van der Waals surface area contributed by atoms with Gasteiger partial charge in [0.05, 0.1) is 12.8 Å². The summed E-state index contributed by atoms with van der Waals surface area (Å²) in [6.07, 6.45) is 0.921. The lowest BCUT2D eigenvalue weighted by molar-refractivity contribution is -0.116. The Kier molecular flexibility index (Phi) is 6.12. The van der Waals surface area contributed by atoms with Crippen LogP contribution in [0.2, 0.25) is 0 Å². The summed E-state index contributed by atoms with van der Waals surface area (Å²) < 4.78 is 5.17. The van der Waals surface area contributed by atoms with E-state index in [0.29, 0.717) is 6.54 Å². The van der Waals surface area contributed by atoms with E-state index in [1.807, 2.05) is 43.7 Å². The van der Waals surface area contributed by atoms with Gasteiger partial charge in [-0.3, -0.25) is 9.69 Å². The predicted octanol–water partition coefficient (Wildman–Crippen LogP) is 3.12. The molecule has 2 aromatic rings. The van der Waals surface area contributed by atoms with Crippen molar-refractivity contribution in [3.8, 4) is 17.0 Å². The number of amides is 1. The van der Waals surface area contributed by atoms with Gasteiger partial charge in [-0.05, 0) is 51.3 Å². The maximum absolute atomic E-state index is 11.9. The summed E-state index contributed by atoms with van der Waals surface area (Å²) in [5, 5.41) is 2.74.